The zero-order valence-electron chi connectivity index (χ0n) is 11.3. The van der Waals surface area contributed by atoms with Crippen molar-refractivity contribution in [3.8, 4) is 0 Å². The SMILES string of the molecule is CCN(CC(O)c1ccc(C(N)=S)cc1)C(C)C. The van der Waals surface area contributed by atoms with Crippen LogP contribution in [0.15, 0.2) is 24.3 Å². The molecule has 0 aliphatic heterocycles. The number of hydrogen-bond donors (Lipinski definition) is 2. The Labute approximate surface area is 115 Å². The van der Waals surface area contributed by atoms with Crippen LogP contribution in [-0.4, -0.2) is 34.1 Å². The summed E-state index contributed by atoms with van der Waals surface area (Å²) in [5.74, 6) is 0. The maximum Gasteiger partial charge on any atom is 0.103 e. The molecule has 0 amide bonds. The Bertz CT molecular complexity index is 389. The van der Waals surface area contributed by atoms with Crippen molar-refractivity contribution in [2.24, 2.45) is 5.73 Å². The van der Waals surface area contributed by atoms with E-state index in [4.69, 9.17) is 18.0 Å². The molecule has 0 aliphatic carbocycles. The van der Waals surface area contributed by atoms with Crippen LogP contribution in [0.1, 0.15) is 38.0 Å². The maximum atomic E-state index is 10.2. The normalized spacial score (nSPS) is 13.0. The fourth-order valence-corrected chi connectivity index (χ4v) is 2.04. The largest absolute Gasteiger partial charge is 0.389 e. The highest BCUT2D eigenvalue weighted by Gasteiger charge is 2.14. The van der Waals surface area contributed by atoms with Crippen LogP contribution in [0.5, 0.6) is 0 Å². The van der Waals surface area contributed by atoms with Gasteiger partial charge in [-0.1, -0.05) is 43.4 Å². The highest BCUT2D eigenvalue weighted by atomic mass is 32.1. The summed E-state index contributed by atoms with van der Waals surface area (Å²) in [6.45, 7) is 7.93. The monoisotopic (exact) mass is 266 g/mol. The molecule has 0 bridgehead atoms. The molecule has 18 heavy (non-hydrogen) atoms. The van der Waals surface area contributed by atoms with Crippen molar-refractivity contribution in [1.29, 1.82) is 0 Å². The van der Waals surface area contributed by atoms with Gasteiger partial charge >= 0.3 is 0 Å². The Hall–Kier alpha value is -0.970. The molecule has 100 valence electrons. The van der Waals surface area contributed by atoms with E-state index < -0.39 is 6.10 Å². The van der Waals surface area contributed by atoms with E-state index in [0.29, 0.717) is 17.6 Å². The second-order valence-corrected chi connectivity index (χ2v) is 5.12. The molecule has 0 radical (unpaired) electrons. The van der Waals surface area contributed by atoms with Gasteiger partial charge in [-0.3, -0.25) is 4.90 Å². The summed E-state index contributed by atoms with van der Waals surface area (Å²) in [4.78, 5) is 2.61. The molecular formula is C14H22N2OS. The second-order valence-electron chi connectivity index (χ2n) is 4.68. The topological polar surface area (TPSA) is 49.5 Å². The van der Waals surface area contributed by atoms with Crippen LogP contribution in [0.4, 0.5) is 0 Å². The Morgan fingerprint density at radius 3 is 2.28 bits per heavy atom. The van der Waals surface area contributed by atoms with E-state index in [-0.39, 0.29) is 0 Å². The van der Waals surface area contributed by atoms with Gasteiger partial charge in [0.25, 0.3) is 0 Å². The molecule has 0 spiro atoms. The summed E-state index contributed by atoms with van der Waals surface area (Å²) >= 11 is 4.90. The molecular weight excluding hydrogens is 244 g/mol. The molecule has 0 saturated carbocycles. The summed E-state index contributed by atoms with van der Waals surface area (Å²) in [5.41, 5.74) is 7.27. The molecule has 1 rings (SSSR count). The van der Waals surface area contributed by atoms with Gasteiger partial charge in [-0.15, -0.1) is 0 Å². The number of nitrogens with two attached hydrogens (primary N) is 1. The van der Waals surface area contributed by atoms with Crippen molar-refractivity contribution in [3.05, 3.63) is 35.4 Å². The molecule has 0 saturated heterocycles. The minimum Gasteiger partial charge on any atom is -0.389 e. The second kappa shape index (κ2) is 6.83. The molecule has 1 aromatic carbocycles. The zero-order valence-corrected chi connectivity index (χ0v) is 12.1. The van der Waals surface area contributed by atoms with Gasteiger partial charge in [0.2, 0.25) is 0 Å². The van der Waals surface area contributed by atoms with Crippen LogP contribution in [0, 0.1) is 0 Å². The van der Waals surface area contributed by atoms with Crippen LogP contribution in [0.2, 0.25) is 0 Å². The highest BCUT2D eigenvalue weighted by Crippen LogP contribution is 2.16. The number of aliphatic hydroxyl groups is 1. The van der Waals surface area contributed by atoms with Crippen LogP contribution in [0.3, 0.4) is 0 Å². The van der Waals surface area contributed by atoms with Crippen LogP contribution < -0.4 is 5.73 Å². The van der Waals surface area contributed by atoms with Crippen molar-refractivity contribution in [2.75, 3.05) is 13.1 Å². The third-order valence-corrected chi connectivity index (χ3v) is 3.36. The fraction of sp³-hybridized carbons (Fsp3) is 0.500. The molecule has 3 N–H and O–H groups in total. The molecule has 1 atom stereocenters. The number of nitrogens with zero attached hydrogens (tertiary/aromatic N) is 1. The van der Waals surface area contributed by atoms with E-state index in [1.807, 2.05) is 24.3 Å². The summed E-state index contributed by atoms with van der Waals surface area (Å²) in [6.07, 6.45) is -0.479. The van der Waals surface area contributed by atoms with Crippen molar-refractivity contribution < 1.29 is 5.11 Å². The Balaban J connectivity index is 2.72. The van der Waals surface area contributed by atoms with Crippen molar-refractivity contribution in [3.63, 3.8) is 0 Å². The molecule has 3 nitrogen and oxygen atoms in total. The lowest BCUT2D eigenvalue weighted by Gasteiger charge is -2.27. The number of benzene rings is 1. The third kappa shape index (κ3) is 4.05. The predicted octanol–water partition coefficient (Wildman–Crippen LogP) is 2.08. The average Bonchev–Trinajstić information content (AvgIpc) is 2.35. The predicted molar refractivity (Wildman–Crippen MR) is 79.7 cm³/mol. The van der Waals surface area contributed by atoms with Crippen molar-refractivity contribution in [1.82, 2.24) is 4.90 Å². The Kier molecular flexibility index (Phi) is 5.72. The smallest absolute Gasteiger partial charge is 0.103 e. The lowest BCUT2D eigenvalue weighted by molar-refractivity contribution is 0.0991. The molecule has 0 aromatic heterocycles. The van der Waals surface area contributed by atoms with Crippen LogP contribution in [-0.2, 0) is 0 Å². The minimum atomic E-state index is -0.479. The van der Waals surface area contributed by atoms with E-state index in [1.165, 1.54) is 0 Å². The molecule has 1 unspecified atom stereocenters. The lowest BCUT2D eigenvalue weighted by Crippen LogP contribution is -2.34. The van der Waals surface area contributed by atoms with E-state index in [9.17, 15) is 5.11 Å². The number of likely N-dealkylation sites (N-methyl/N-ethyl adjacent to an activating group) is 1. The van der Waals surface area contributed by atoms with Gasteiger partial charge in [0.1, 0.15) is 4.99 Å². The van der Waals surface area contributed by atoms with E-state index >= 15 is 0 Å². The molecule has 0 aliphatic rings. The Morgan fingerprint density at radius 1 is 1.33 bits per heavy atom. The molecule has 4 heteroatoms. The van der Waals surface area contributed by atoms with Gasteiger partial charge in [0.15, 0.2) is 0 Å². The molecule has 1 aromatic rings. The number of thiocarbonyl (C=S) groups is 1. The van der Waals surface area contributed by atoms with Crippen molar-refractivity contribution >= 4 is 17.2 Å². The summed E-state index contributed by atoms with van der Waals surface area (Å²) in [7, 11) is 0. The van der Waals surface area contributed by atoms with Gasteiger partial charge in [-0.25, -0.2) is 0 Å². The van der Waals surface area contributed by atoms with Crippen LogP contribution in [0.25, 0.3) is 0 Å². The first-order valence-electron chi connectivity index (χ1n) is 6.27. The van der Waals surface area contributed by atoms with E-state index in [0.717, 1.165) is 17.7 Å². The van der Waals surface area contributed by atoms with Gasteiger partial charge < -0.3 is 10.8 Å². The first-order valence-corrected chi connectivity index (χ1v) is 6.68. The Morgan fingerprint density at radius 2 is 1.89 bits per heavy atom. The zero-order chi connectivity index (χ0) is 13.7. The average molecular weight is 266 g/mol. The van der Waals surface area contributed by atoms with Crippen molar-refractivity contribution in [2.45, 2.75) is 32.9 Å². The quantitative estimate of drug-likeness (QED) is 0.774. The van der Waals surface area contributed by atoms with Gasteiger partial charge in [0.05, 0.1) is 6.10 Å². The first kappa shape index (κ1) is 15.1. The highest BCUT2D eigenvalue weighted by molar-refractivity contribution is 7.80. The fourth-order valence-electron chi connectivity index (χ4n) is 1.90. The van der Waals surface area contributed by atoms with Gasteiger partial charge in [0, 0.05) is 18.2 Å². The summed E-state index contributed by atoms with van der Waals surface area (Å²) < 4.78 is 0. The summed E-state index contributed by atoms with van der Waals surface area (Å²) in [5, 5.41) is 10.2. The summed E-state index contributed by atoms with van der Waals surface area (Å²) in [6, 6.07) is 7.90. The van der Waals surface area contributed by atoms with Gasteiger partial charge in [-0.2, -0.15) is 0 Å². The number of rotatable bonds is 6. The van der Waals surface area contributed by atoms with Crippen LogP contribution >= 0.6 is 12.2 Å². The molecule has 0 fully saturated rings. The third-order valence-electron chi connectivity index (χ3n) is 3.12. The number of hydrogen-bond acceptors (Lipinski definition) is 3. The standard InChI is InChI=1S/C14H22N2OS/c1-4-16(10(2)3)9-13(17)11-5-7-12(8-6-11)14(15)18/h5-8,10,13,17H,4,9H2,1-3H3,(H2,15,18). The maximum absolute atomic E-state index is 10.2. The minimum absolute atomic E-state index is 0.383. The lowest BCUT2D eigenvalue weighted by atomic mass is 10.1. The molecule has 0 heterocycles. The van der Waals surface area contributed by atoms with E-state index in [1.54, 1.807) is 0 Å². The first-order chi connectivity index (χ1) is 8.45. The number of aliphatic hydroxyl groups excluding tert-OH is 1. The van der Waals surface area contributed by atoms with Gasteiger partial charge in [-0.05, 0) is 26.0 Å². The van der Waals surface area contributed by atoms with E-state index in [2.05, 4.69) is 25.7 Å².